The van der Waals surface area contributed by atoms with Crippen LogP contribution in [0.2, 0.25) is 0 Å². The van der Waals surface area contributed by atoms with Crippen molar-refractivity contribution in [2.75, 3.05) is 25.0 Å². The molecule has 0 radical (unpaired) electrons. The van der Waals surface area contributed by atoms with Crippen molar-refractivity contribution in [2.24, 2.45) is 5.73 Å². The first-order chi connectivity index (χ1) is 10.4. The summed E-state index contributed by atoms with van der Waals surface area (Å²) in [4.78, 5) is 11.4. The second-order valence-electron chi connectivity index (χ2n) is 5.38. The number of carbonyl (C=O) groups is 1. The first-order valence-electron chi connectivity index (χ1n) is 6.90. The fraction of sp³-hybridized carbons (Fsp3) is 0.462. The molecule has 23 heavy (non-hydrogen) atoms. The van der Waals surface area contributed by atoms with Gasteiger partial charge in [-0.25, -0.2) is 8.42 Å². The Morgan fingerprint density at radius 3 is 2.83 bits per heavy atom. The Hall–Kier alpha value is -0.870. The van der Waals surface area contributed by atoms with E-state index in [9.17, 15) is 13.2 Å². The van der Waals surface area contributed by atoms with E-state index in [-0.39, 0.29) is 35.9 Å². The Morgan fingerprint density at radius 2 is 2.13 bits per heavy atom. The van der Waals surface area contributed by atoms with E-state index in [1.54, 1.807) is 6.07 Å². The van der Waals surface area contributed by atoms with Gasteiger partial charge in [0.25, 0.3) is 5.91 Å². The minimum Gasteiger partial charge on any atom is -0.482 e. The first kappa shape index (κ1) is 18.5. The van der Waals surface area contributed by atoms with Crippen molar-refractivity contribution in [3.63, 3.8) is 0 Å². The van der Waals surface area contributed by atoms with Gasteiger partial charge in [0.05, 0.1) is 5.69 Å². The van der Waals surface area contributed by atoms with Crippen LogP contribution in [0.4, 0.5) is 5.69 Å². The summed E-state index contributed by atoms with van der Waals surface area (Å²) in [6.45, 7) is 0.642. The Bertz CT molecular complexity index is 728. The van der Waals surface area contributed by atoms with Crippen LogP contribution in [0.15, 0.2) is 21.5 Å². The molecule has 1 saturated heterocycles. The average molecular weight is 427 g/mol. The number of hydrogen-bond donors (Lipinski definition) is 2. The molecule has 3 N–H and O–H groups in total. The largest absolute Gasteiger partial charge is 0.482 e. The molecule has 0 saturated carbocycles. The molecule has 1 aromatic carbocycles. The number of nitrogens with zero attached hydrogens (tertiary/aromatic N) is 1. The van der Waals surface area contributed by atoms with Crippen molar-refractivity contribution in [1.82, 2.24) is 4.31 Å². The number of halogens is 2. The highest BCUT2D eigenvalue weighted by atomic mass is 79.9. The van der Waals surface area contributed by atoms with Gasteiger partial charge >= 0.3 is 0 Å². The van der Waals surface area contributed by atoms with E-state index in [4.69, 9.17) is 10.5 Å². The summed E-state index contributed by atoms with van der Waals surface area (Å²) in [6, 6.07) is 2.84. The normalized spacial score (nSPS) is 21.7. The zero-order valence-corrected chi connectivity index (χ0v) is 15.3. The van der Waals surface area contributed by atoms with Crippen molar-refractivity contribution >= 4 is 50.0 Å². The van der Waals surface area contributed by atoms with E-state index in [1.165, 1.54) is 10.4 Å². The maximum atomic E-state index is 12.8. The van der Waals surface area contributed by atoms with Gasteiger partial charge in [-0.1, -0.05) is 0 Å². The van der Waals surface area contributed by atoms with Gasteiger partial charge in [0.2, 0.25) is 10.0 Å². The van der Waals surface area contributed by atoms with E-state index >= 15 is 0 Å². The number of hydrogen-bond acceptors (Lipinski definition) is 5. The third kappa shape index (κ3) is 3.63. The molecule has 0 bridgehead atoms. The Balaban J connectivity index is 0.00000192. The summed E-state index contributed by atoms with van der Waals surface area (Å²) < 4.78 is 32.7. The zero-order chi connectivity index (χ0) is 15.9. The van der Waals surface area contributed by atoms with E-state index in [0.717, 1.165) is 12.8 Å². The molecule has 10 heteroatoms. The monoisotopic (exact) mass is 425 g/mol. The number of nitrogens with one attached hydrogen (secondary N) is 1. The van der Waals surface area contributed by atoms with Gasteiger partial charge in [0, 0.05) is 29.7 Å². The lowest BCUT2D eigenvalue weighted by molar-refractivity contribution is -0.118. The summed E-state index contributed by atoms with van der Waals surface area (Å²) in [5, 5.41) is 2.64. The van der Waals surface area contributed by atoms with Crippen LogP contribution in [0, 0.1) is 0 Å². The zero-order valence-electron chi connectivity index (χ0n) is 12.1. The summed E-state index contributed by atoms with van der Waals surface area (Å²) in [6.07, 6.45) is 1.57. The molecule has 1 amide bonds. The Kier molecular flexibility index (Phi) is 5.57. The minimum atomic E-state index is -3.66. The summed E-state index contributed by atoms with van der Waals surface area (Å²) in [5.74, 6) is 0.0831. The van der Waals surface area contributed by atoms with Gasteiger partial charge in [0.15, 0.2) is 6.61 Å². The highest BCUT2D eigenvalue weighted by Gasteiger charge is 2.32. The molecule has 2 aliphatic rings. The van der Waals surface area contributed by atoms with Gasteiger partial charge in [-0.15, -0.1) is 12.4 Å². The highest BCUT2D eigenvalue weighted by molar-refractivity contribution is 9.10. The number of fused-ring (bicyclic) bond motifs is 1. The van der Waals surface area contributed by atoms with Gasteiger partial charge in [-0.2, -0.15) is 4.31 Å². The molecule has 128 valence electrons. The fourth-order valence-corrected chi connectivity index (χ4v) is 5.16. The predicted octanol–water partition coefficient (Wildman–Crippen LogP) is 1.31. The maximum absolute atomic E-state index is 12.8. The topological polar surface area (TPSA) is 102 Å². The van der Waals surface area contributed by atoms with Crippen LogP contribution in [-0.2, 0) is 14.8 Å². The summed E-state index contributed by atoms with van der Waals surface area (Å²) in [7, 11) is -3.66. The van der Waals surface area contributed by atoms with E-state index < -0.39 is 10.0 Å². The Labute approximate surface area is 149 Å². The van der Waals surface area contributed by atoms with Crippen molar-refractivity contribution in [3.8, 4) is 5.75 Å². The summed E-state index contributed by atoms with van der Waals surface area (Å²) >= 11 is 3.27. The fourth-order valence-electron chi connectivity index (χ4n) is 2.61. The number of ether oxygens (including phenoxy) is 1. The van der Waals surface area contributed by atoms with Crippen LogP contribution in [0.25, 0.3) is 0 Å². The van der Waals surface area contributed by atoms with Crippen molar-refractivity contribution in [2.45, 2.75) is 23.8 Å². The Morgan fingerprint density at radius 1 is 1.39 bits per heavy atom. The lowest BCUT2D eigenvalue weighted by atomic mass is 10.1. The quantitative estimate of drug-likeness (QED) is 0.742. The molecule has 1 fully saturated rings. The second-order valence-corrected chi connectivity index (χ2v) is 8.14. The lowest BCUT2D eigenvalue weighted by Crippen LogP contribution is -2.45. The number of rotatable bonds is 2. The average Bonchev–Trinajstić information content (AvgIpc) is 2.46. The van der Waals surface area contributed by atoms with Gasteiger partial charge in [-0.3, -0.25) is 4.79 Å². The van der Waals surface area contributed by atoms with E-state index in [2.05, 4.69) is 21.2 Å². The van der Waals surface area contributed by atoms with Crippen molar-refractivity contribution in [3.05, 3.63) is 16.6 Å². The van der Waals surface area contributed by atoms with Gasteiger partial charge < -0.3 is 15.8 Å². The van der Waals surface area contributed by atoms with Gasteiger partial charge in [-0.05, 0) is 34.8 Å². The predicted molar refractivity (Wildman–Crippen MR) is 91.5 cm³/mol. The molecular weight excluding hydrogens is 410 g/mol. The lowest BCUT2D eigenvalue weighted by Gasteiger charge is -2.30. The molecule has 2 aliphatic heterocycles. The van der Waals surface area contributed by atoms with Crippen LogP contribution >= 0.6 is 28.3 Å². The molecule has 2 heterocycles. The number of benzene rings is 1. The number of sulfonamides is 1. The molecule has 1 aromatic rings. The molecule has 7 nitrogen and oxygen atoms in total. The van der Waals surface area contributed by atoms with Crippen LogP contribution in [0.3, 0.4) is 0 Å². The first-order valence-corrected chi connectivity index (χ1v) is 9.13. The third-order valence-electron chi connectivity index (χ3n) is 3.71. The standard InChI is InChI=1S/C13H16BrN3O4S.ClH/c14-9-4-10-11(21-7-13(18)16-10)5-12(9)22(19,20)17-3-1-2-8(15)6-17;/h4-5,8H,1-3,6-7,15H2,(H,16,18);1H. The third-order valence-corrected chi connectivity index (χ3v) is 6.53. The second kappa shape index (κ2) is 6.94. The van der Waals surface area contributed by atoms with Crippen LogP contribution in [0.5, 0.6) is 5.75 Å². The smallest absolute Gasteiger partial charge is 0.262 e. The van der Waals surface area contributed by atoms with Crippen molar-refractivity contribution < 1.29 is 17.9 Å². The van der Waals surface area contributed by atoms with Crippen LogP contribution < -0.4 is 15.8 Å². The number of anilines is 1. The molecule has 0 aliphatic carbocycles. The molecule has 3 rings (SSSR count). The van der Waals surface area contributed by atoms with Gasteiger partial charge in [0.1, 0.15) is 10.6 Å². The minimum absolute atomic E-state index is 0. The number of nitrogens with two attached hydrogens (primary N) is 1. The molecule has 0 spiro atoms. The number of piperidine rings is 1. The highest BCUT2D eigenvalue weighted by Crippen LogP contribution is 2.37. The van der Waals surface area contributed by atoms with E-state index in [0.29, 0.717) is 29.0 Å². The molecule has 1 atom stereocenters. The number of amides is 1. The van der Waals surface area contributed by atoms with Crippen LogP contribution in [-0.4, -0.2) is 44.4 Å². The van der Waals surface area contributed by atoms with Crippen molar-refractivity contribution in [1.29, 1.82) is 0 Å². The molecular formula is C13H17BrClN3O4S. The SMILES string of the molecule is Cl.NC1CCCN(S(=O)(=O)c2cc3c(cc2Br)NC(=O)CO3)C1. The maximum Gasteiger partial charge on any atom is 0.262 e. The summed E-state index contributed by atoms with van der Waals surface area (Å²) in [5.41, 5.74) is 6.33. The number of carbonyl (C=O) groups excluding carboxylic acids is 1. The molecule has 0 aromatic heterocycles. The van der Waals surface area contributed by atoms with E-state index in [1.807, 2.05) is 0 Å². The van der Waals surface area contributed by atoms with Crippen LogP contribution in [0.1, 0.15) is 12.8 Å². The molecule has 1 unspecified atom stereocenters.